The molecular weight excluding hydrogens is 419 g/mol. The van der Waals surface area contributed by atoms with E-state index in [1.54, 1.807) is 0 Å². The molecule has 0 spiro atoms. The minimum atomic E-state index is 0. The summed E-state index contributed by atoms with van der Waals surface area (Å²) >= 11 is 2.16. The Labute approximate surface area is 193 Å². The molecule has 0 amide bonds. The van der Waals surface area contributed by atoms with Crippen molar-refractivity contribution in [3.05, 3.63) is 119 Å². The third kappa shape index (κ3) is 10.2. The Morgan fingerprint density at radius 3 is 1.25 bits per heavy atom. The monoisotopic (exact) mass is 444 g/mol. The summed E-state index contributed by atoms with van der Waals surface area (Å²) in [5.74, 6) is 0. The molecule has 0 aromatic heterocycles. The van der Waals surface area contributed by atoms with Crippen LogP contribution in [0.25, 0.3) is 0 Å². The summed E-state index contributed by atoms with van der Waals surface area (Å²) in [7, 11) is 0. The molecule has 2 aliphatic rings. The van der Waals surface area contributed by atoms with Gasteiger partial charge in [-0.2, -0.15) is 12.2 Å². The van der Waals surface area contributed by atoms with Gasteiger partial charge in [0.05, 0.1) is 0 Å². The maximum absolute atomic E-state index is 3.05. The Balaban J connectivity index is 0.000000437. The predicted octanol–water partition coefficient (Wildman–Crippen LogP) is 7.04. The zero-order valence-electron chi connectivity index (χ0n) is 16.3. The first-order chi connectivity index (χ1) is 12.7. The van der Waals surface area contributed by atoms with Gasteiger partial charge in [0.1, 0.15) is 0 Å². The van der Waals surface area contributed by atoms with Gasteiger partial charge in [-0.15, -0.1) is 51.5 Å². The van der Waals surface area contributed by atoms with Gasteiger partial charge in [0.2, 0.25) is 0 Å². The summed E-state index contributed by atoms with van der Waals surface area (Å²) in [6, 6.07) is 20.9. The van der Waals surface area contributed by atoms with Crippen LogP contribution in [0.4, 0.5) is 0 Å². The van der Waals surface area contributed by atoms with E-state index in [-0.39, 0.29) is 24.8 Å². The second kappa shape index (κ2) is 15.5. The zero-order valence-corrected chi connectivity index (χ0v) is 19.5. The first kappa shape index (κ1) is 26.6. The average Bonchev–Trinajstić information content (AvgIpc) is 3.37. The van der Waals surface area contributed by atoms with Gasteiger partial charge in [0.15, 0.2) is 0 Å². The fourth-order valence-corrected chi connectivity index (χ4v) is 2.89. The van der Waals surface area contributed by atoms with Crippen LogP contribution in [-0.2, 0) is 20.0 Å². The van der Waals surface area contributed by atoms with Crippen LogP contribution in [0.3, 0.4) is 0 Å². The van der Waals surface area contributed by atoms with Crippen molar-refractivity contribution in [2.45, 2.75) is 26.7 Å². The summed E-state index contributed by atoms with van der Waals surface area (Å²) in [5.41, 5.74) is 5.27. The topological polar surface area (TPSA) is 0 Å². The van der Waals surface area contributed by atoms with Gasteiger partial charge in [0, 0.05) is 0 Å². The number of benzene rings is 2. The summed E-state index contributed by atoms with van der Waals surface area (Å²) in [6.45, 7) is 4.17. The molecule has 2 aromatic carbocycles. The fraction of sp³-hybridized carbons (Fsp3) is 0.160. The molecule has 0 nitrogen and oxygen atoms in total. The maximum atomic E-state index is 3.05. The molecule has 0 atom stereocenters. The van der Waals surface area contributed by atoms with E-state index in [0.29, 0.717) is 0 Å². The van der Waals surface area contributed by atoms with E-state index in [2.05, 4.69) is 107 Å². The van der Waals surface area contributed by atoms with Crippen molar-refractivity contribution in [3.63, 3.8) is 0 Å². The van der Waals surface area contributed by atoms with Crippen LogP contribution >= 0.6 is 24.8 Å². The normalized spacial score (nSPS) is 12.9. The second-order valence-corrected chi connectivity index (χ2v) is 6.89. The Hall–Kier alpha value is -1.44. The minimum absolute atomic E-state index is 0. The van der Waals surface area contributed by atoms with Gasteiger partial charge >= 0.3 is 95.6 Å². The van der Waals surface area contributed by atoms with Gasteiger partial charge in [-0.3, -0.25) is 12.2 Å². The van der Waals surface area contributed by atoms with E-state index in [1.165, 1.54) is 26.1 Å². The van der Waals surface area contributed by atoms with Crippen LogP contribution < -0.4 is 0 Å². The summed E-state index contributed by atoms with van der Waals surface area (Å²) < 4.78 is 1.33. The van der Waals surface area contributed by atoms with Crippen molar-refractivity contribution in [2.75, 3.05) is 0 Å². The average molecular weight is 445 g/mol. The van der Waals surface area contributed by atoms with Crippen LogP contribution in [-0.4, -0.2) is 3.81 Å². The molecule has 0 heterocycles. The van der Waals surface area contributed by atoms with E-state index in [1.807, 2.05) is 24.3 Å². The molecule has 4 rings (SSSR count). The summed E-state index contributed by atoms with van der Waals surface area (Å²) in [5, 5.41) is 0. The fourth-order valence-electron chi connectivity index (χ4n) is 2.37. The third-order valence-corrected chi connectivity index (χ3v) is 4.77. The first-order valence-electron chi connectivity index (χ1n) is 8.83. The van der Waals surface area contributed by atoms with Crippen molar-refractivity contribution < 1.29 is 20.0 Å². The molecule has 0 N–H and O–H groups in total. The molecule has 3 heteroatoms. The molecule has 0 fully saturated rings. The number of allylic oxidation sites excluding steroid dienone is 8. The Morgan fingerprint density at radius 2 is 1.04 bits per heavy atom. The second-order valence-electron chi connectivity index (χ2n) is 6.11. The van der Waals surface area contributed by atoms with Crippen molar-refractivity contribution >= 4 is 28.6 Å². The number of halogens is 2. The van der Waals surface area contributed by atoms with Crippen molar-refractivity contribution in [3.8, 4) is 0 Å². The number of hydrogen-bond donors (Lipinski definition) is 0. The van der Waals surface area contributed by atoms with Gasteiger partial charge < -0.3 is 0 Å². The standard InChI is InChI=1S/C13H10.2C6H7.2ClH.Ti/c1-3-7-12(8-4-1)11-13-9-5-2-6-10-13;2*1-6-4-2-3-5-6;;;/h1-10H;2*4-5H,2H2,1H3;2*1H;/q;2*-1;;;+2. The number of rotatable bonds is 2. The Morgan fingerprint density at radius 1 is 0.679 bits per heavy atom. The molecule has 2 aliphatic carbocycles. The Bertz CT molecular complexity index is 741. The SMILES string of the molecule is CC1=CC[C-]=C1.CC1=CC[C-]=C1.Cl.Cl.[Ti+2]=[C](c1ccccc1)c1ccccc1. The van der Waals surface area contributed by atoms with Crippen LogP contribution in [0.2, 0.25) is 0 Å². The molecule has 0 unspecified atom stereocenters. The molecule has 0 saturated heterocycles. The van der Waals surface area contributed by atoms with Crippen LogP contribution in [0.5, 0.6) is 0 Å². The van der Waals surface area contributed by atoms with Gasteiger partial charge in [-0.05, 0) is 0 Å². The summed E-state index contributed by atoms with van der Waals surface area (Å²) in [6.07, 6.45) is 16.5. The van der Waals surface area contributed by atoms with E-state index in [4.69, 9.17) is 0 Å². The molecule has 0 saturated carbocycles. The van der Waals surface area contributed by atoms with Crippen LogP contribution in [0.15, 0.2) is 96.1 Å². The van der Waals surface area contributed by atoms with Gasteiger partial charge in [0.25, 0.3) is 0 Å². The van der Waals surface area contributed by atoms with Gasteiger partial charge in [-0.25, -0.2) is 23.3 Å². The van der Waals surface area contributed by atoms with Gasteiger partial charge in [-0.1, -0.05) is 0 Å². The van der Waals surface area contributed by atoms with E-state index < -0.39 is 0 Å². The van der Waals surface area contributed by atoms with Crippen LogP contribution in [0.1, 0.15) is 37.8 Å². The molecule has 144 valence electrons. The van der Waals surface area contributed by atoms with E-state index in [9.17, 15) is 0 Å². The molecule has 0 bridgehead atoms. The zero-order chi connectivity index (χ0) is 18.6. The van der Waals surface area contributed by atoms with Crippen molar-refractivity contribution in [1.82, 2.24) is 0 Å². The quantitative estimate of drug-likeness (QED) is 0.344. The van der Waals surface area contributed by atoms with Crippen molar-refractivity contribution in [2.24, 2.45) is 0 Å². The summed E-state index contributed by atoms with van der Waals surface area (Å²) in [4.78, 5) is 0. The molecule has 0 radical (unpaired) electrons. The predicted molar refractivity (Wildman–Crippen MR) is 123 cm³/mol. The van der Waals surface area contributed by atoms with E-state index in [0.717, 1.165) is 12.8 Å². The molecule has 2 aromatic rings. The molecular formula is C25H26Cl2Ti. The first-order valence-corrected chi connectivity index (χ1v) is 9.61. The molecule has 28 heavy (non-hydrogen) atoms. The van der Waals surface area contributed by atoms with Crippen molar-refractivity contribution in [1.29, 1.82) is 0 Å². The van der Waals surface area contributed by atoms with Crippen LogP contribution in [0, 0.1) is 12.2 Å². The number of hydrogen-bond acceptors (Lipinski definition) is 0. The third-order valence-electron chi connectivity index (χ3n) is 3.87. The Kier molecular flexibility index (Phi) is 14.7. The van der Waals surface area contributed by atoms with E-state index >= 15 is 0 Å². The molecule has 0 aliphatic heterocycles.